The molecule has 0 aliphatic carbocycles. The first kappa shape index (κ1) is 16.6. The molecule has 3 rings (SSSR count). The van der Waals surface area contributed by atoms with Gasteiger partial charge in [-0.05, 0) is 33.0 Å². The minimum absolute atomic E-state index is 0.113. The van der Waals surface area contributed by atoms with Gasteiger partial charge in [0.15, 0.2) is 0 Å². The Morgan fingerprint density at radius 2 is 2.25 bits per heavy atom. The number of aryl methyl sites for hydroxylation is 1. The SMILES string of the molecule is Cc1nc(-c2ccc(NCC3CN(C)CCO3)nc2)[nH]c(=O)c1C. The van der Waals surface area contributed by atoms with Crippen LogP contribution in [-0.4, -0.2) is 59.2 Å². The van der Waals surface area contributed by atoms with Crippen LogP contribution in [0.5, 0.6) is 0 Å². The lowest BCUT2D eigenvalue weighted by Crippen LogP contribution is -2.43. The molecule has 0 spiro atoms. The number of pyridine rings is 1. The van der Waals surface area contributed by atoms with Crippen molar-refractivity contribution < 1.29 is 4.74 Å². The summed E-state index contributed by atoms with van der Waals surface area (Å²) in [6, 6.07) is 3.79. The van der Waals surface area contributed by atoms with Gasteiger partial charge in [-0.3, -0.25) is 4.79 Å². The van der Waals surface area contributed by atoms with Gasteiger partial charge in [-0.15, -0.1) is 0 Å². The smallest absolute Gasteiger partial charge is 0.254 e. The van der Waals surface area contributed by atoms with E-state index in [4.69, 9.17) is 4.74 Å². The molecule has 24 heavy (non-hydrogen) atoms. The van der Waals surface area contributed by atoms with Crippen LogP contribution in [0.3, 0.4) is 0 Å². The number of hydrogen-bond acceptors (Lipinski definition) is 6. The lowest BCUT2D eigenvalue weighted by atomic mass is 10.2. The molecule has 128 valence electrons. The fraction of sp³-hybridized carbons (Fsp3) is 0.471. The molecule has 0 amide bonds. The van der Waals surface area contributed by atoms with Crippen LogP contribution in [0.25, 0.3) is 11.4 Å². The van der Waals surface area contributed by atoms with Gasteiger partial charge in [-0.2, -0.15) is 0 Å². The Labute approximate surface area is 141 Å². The van der Waals surface area contributed by atoms with Gasteiger partial charge in [0, 0.05) is 42.7 Å². The highest BCUT2D eigenvalue weighted by Gasteiger charge is 2.17. The van der Waals surface area contributed by atoms with Crippen molar-refractivity contribution in [2.24, 2.45) is 0 Å². The molecule has 2 aromatic heterocycles. The molecule has 0 saturated carbocycles. The van der Waals surface area contributed by atoms with Crippen LogP contribution in [0.1, 0.15) is 11.3 Å². The van der Waals surface area contributed by atoms with Crippen molar-refractivity contribution in [1.29, 1.82) is 0 Å². The fourth-order valence-electron chi connectivity index (χ4n) is 2.63. The number of hydrogen-bond donors (Lipinski definition) is 2. The number of ether oxygens (including phenoxy) is 1. The van der Waals surface area contributed by atoms with Crippen LogP contribution >= 0.6 is 0 Å². The summed E-state index contributed by atoms with van der Waals surface area (Å²) >= 11 is 0. The third-order valence-corrected chi connectivity index (χ3v) is 4.28. The van der Waals surface area contributed by atoms with Gasteiger partial charge < -0.3 is 19.9 Å². The summed E-state index contributed by atoms with van der Waals surface area (Å²) in [6.07, 6.45) is 1.88. The molecule has 2 N–H and O–H groups in total. The third-order valence-electron chi connectivity index (χ3n) is 4.28. The monoisotopic (exact) mass is 329 g/mol. The van der Waals surface area contributed by atoms with Gasteiger partial charge in [0.2, 0.25) is 0 Å². The first-order valence-corrected chi connectivity index (χ1v) is 8.11. The molecule has 1 unspecified atom stereocenters. The van der Waals surface area contributed by atoms with Gasteiger partial charge in [-0.1, -0.05) is 0 Å². The maximum Gasteiger partial charge on any atom is 0.254 e. The zero-order valence-corrected chi connectivity index (χ0v) is 14.3. The number of anilines is 1. The van der Waals surface area contributed by atoms with Crippen molar-refractivity contribution in [2.45, 2.75) is 20.0 Å². The highest BCUT2D eigenvalue weighted by atomic mass is 16.5. The normalized spacial score (nSPS) is 18.5. The molecule has 1 aliphatic heterocycles. The predicted molar refractivity (Wildman–Crippen MR) is 93.3 cm³/mol. The predicted octanol–water partition coefficient (Wildman–Crippen LogP) is 1.19. The minimum atomic E-state index is -0.113. The van der Waals surface area contributed by atoms with Crippen molar-refractivity contribution in [1.82, 2.24) is 19.9 Å². The maximum absolute atomic E-state index is 11.9. The Morgan fingerprint density at radius 3 is 2.92 bits per heavy atom. The summed E-state index contributed by atoms with van der Waals surface area (Å²) in [7, 11) is 2.10. The lowest BCUT2D eigenvalue weighted by molar-refractivity contribution is -0.0117. The molecule has 1 aliphatic rings. The van der Waals surface area contributed by atoms with E-state index in [2.05, 4.69) is 32.2 Å². The maximum atomic E-state index is 11.9. The standard InChI is InChI=1S/C17H23N5O2/c1-11-12(2)20-16(21-17(11)23)13-4-5-15(18-8-13)19-9-14-10-22(3)6-7-24-14/h4-5,8,14H,6-7,9-10H2,1-3H3,(H,18,19)(H,20,21,23). The summed E-state index contributed by atoms with van der Waals surface area (Å²) in [6.45, 7) is 6.97. The second-order valence-corrected chi connectivity index (χ2v) is 6.19. The summed E-state index contributed by atoms with van der Waals surface area (Å²) in [5, 5.41) is 3.29. The van der Waals surface area contributed by atoms with Crippen molar-refractivity contribution in [3.05, 3.63) is 39.9 Å². The van der Waals surface area contributed by atoms with Crippen LogP contribution in [0.4, 0.5) is 5.82 Å². The van der Waals surface area contributed by atoms with E-state index in [9.17, 15) is 4.79 Å². The van der Waals surface area contributed by atoms with Crippen LogP contribution in [0, 0.1) is 13.8 Å². The number of likely N-dealkylation sites (N-methyl/N-ethyl adjacent to an activating group) is 1. The second kappa shape index (κ2) is 7.11. The number of morpholine rings is 1. The van der Waals surface area contributed by atoms with E-state index in [-0.39, 0.29) is 11.7 Å². The van der Waals surface area contributed by atoms with Crippen molar-refractivity contribution in [3.63, 3.8) is 0 Å². The Bertz CT molecular complexity index is 757. The molecular formula is C17H23N5O2. The minimum Gasteiger partial charge on any atom is -0.374 e. The average molecular weight is 329 g/mol. The Hall–Kier alpha value is -2.25. The van der Waals surface area contributed by atoms with E-state index in [1.165, 1.54) is 0 Å². The molecule has 1 atom stereocenters. The highest BCUT2D eigenvalue weighted by molar-refractivity contribution is 5.56. The zero-order chi connectivity index (χ0) is 17.1. The number of nitrogens with one attached hydrogen (secondary N) is 2. The first-order chi connectivity index (χ1) is 11.5. The number of nitrogens with zero attached hydrogens (tertiary/aromatic N) is 3. The molecule has 0 aromatic carbocycles. The summed E-state index contributed by atoms with van der Waals surface area (Å²) in [4.78, 5) is 25.7. The topological polar surface area (TPSA) is 83.1 Å². The molecule has 3 heterocycles. The molecular weight excluding hydrogens is 306 g/mol. The number of H-pyrrole nitrogens is 1. The second-order valence-electron chi connectivity index (χ2n) is 6.19. The van der Waals surface area contributed by atoms with Crippen molar-refractivity contribution in [3.8, 4) is 11.4 Å². The van der Waals surface area contributed by atoms with Gasteiger partial charge in [0.1, 0.15) is 11.6 Å². The molecule has 7 nitrogen and oxygen atoms in total. The highest BCUT2D eigenvalue weighted by Crippen LogP contribution is 2.15. The fourth-order valence-corrected chi connectivity index (χ4v) is 2.63. The van der Waals surface area contributed by atoms with Gasteiger partial charge in [0.05, 0.1) is 12.7 Å². The molecule has 1 saturated heterocycles. The van der Waals surface area contributed by atoms with E-state index in [0.717, 1.165) is 43.3 Å². The number of aromatic nitrogens is 3. The van der Waals surface area contributed by atoms with E-state index >= 15 is 0 Å². The van der Waals surface area contributed by atoms with Gasteiger partial charge in [0.25, 0.3) is 5.56 Å². The van der Waals surface area contributed by atoms with Crippen LogP contribution in [0.2, 0.25) is 0 Å². The summed E-state index contributed by atoms with van der Waals surface area (Å²) in [5.74, 6) is 1.32. The van der Waals surface area contributed by atoms with Crippen molar-refractivity contribution >= 4 is 5.82 Å². The van der Waals surface area contributed by atoms with Crippen LogP contribution in [-0.2, 0) is 4.74 Å². The largest absolute Gasteiger partial charge is 0.374 e. The zero-order valence-electron chi connectivity index (χ0n) is 14.3. The first-order valence-electron chi connectivity index (χ1n) is 8.11. The summed E-state index contributed by atoms with van der Waals surface area (Å²) in [5.41, 5.74) is 2.05. The van der Waals surface area contributed by atoms with Crippen LogP contribution < -0.4 is 10.9 Å². The van der Waals surface area contributed by atoms with E-state index in [1.807, 2.05) is 19.1 Å². The number of rotatable bonds is 4. The molecule has 0 radical (unpaired) electrons. The Kier molecular flexibility index (Phi) is 4.92. The molecule has 2 aromatic rings. The third kappa shape index (κ3) is 3.80. The quantitative estimate of drug-likeness (QED) is 0.877. The van der Waals surface area contributed by atoms with Gasteiger partial charge in [-0.25, -0.2) is 9.97 Å². The Morgan fingerprint density at radius 1 is 1.42 bits per heavy atom. The molecule has 7 heteroatoms. The number of aromatic amines is 1. The molecule has 1 fully saturated rings. The van der Waals surface area contributed by atoms with E-state index < -0.39 is 0 Å². The van der Waals surface area contributed by atoms with E-state index in [0.29, 0.717) is 11.4 Å². The lowest BCUT2D eigenvalue weighted by Gasteiger charge is -2.30. The van der Waals surface area contributed by atoms with E-state index in [1.54, 1.807) is 13.1 Å². The Balaban J connectivity index is 1.66. The average Bonchev–Trinajstić information content (AvgIpc) is 2.58. The summed E-state index contributed by atoms with van der Waals surface area (Å²) < 4.78 is 5.72. The van der Waals surface area contributed by atoms with Crippen molar-refractivity contribution in [2.75, 3.05) is 38.6 Å². The van der Waals surface area contributed by atoms with Gasteiger partial charge >= 0.3 is 0 Å². The molecule has 0 bridgehead atoms. The van der Waals surface area contributed by atoms with Crippen LogP contribution in [0.15, 0.2) is 23.1 Å².